The number of fused-ring (bicyclic) bond motifs is 1. The zero-order chi connectivity index (χ0) is 15.7. The van der Waals surface area contributed by atoms with E-state index < -0.39 is 0 Å². The van der Waals surface area contributed by atoms with Crippen molar-refractivity contribution in [3.8, 4) is 0 Å². The van der Waals surface area contributed by atoms with Gasteiger partial charge in [0, 0.05) is 9.37 Å². The molecule has 0 aliphatic rings. The summed E-state index contributed by atoms with van der Waals surface area (Å²) in [7, 11) is 0. The minimum absolute atomic E-state index is 0.000450. The first-order chi connectivity index (χ1) is 10.5. The fraction of sp³-hybridized carbons (Fsp3) is 0.167. The van der Waals surface area contributed by atoms with Crippen LogP contribution < -0.4 is 5.43 Å². The number of rotatable bonds is 3. The third kappa shape index (κ3) is 3.13. The van der Waals surface area contributed by atoms with Crippen LogP contribution in [-0.2, 0) is 0 Å². The summed E-state index contributed by atoms with van der Waals surface area (Å²) in [6, 6.07) is 13.8. The van der Waals surface area contributed by atoms with Gasteiger partial charge in [0.25, 0.3) is 0 Å². The highest BCUT2D eigenvalue weighted by atomic mass is 79.9. The van der Waals surface area contributed by atoms with E-state index in [2.05, 4.69) is 41.9 Å². The molecule has 0 unspecified atom stereocenters. The monoisotopic (exact) mass is 374 g/mol. The number of benzene rings is 2. The molecule has 2 nitrogen and oxygen atoms in total. The van der Waals surface area contributed by atoms with Gasteiger partial charge in [-0.05, 0) is 41.8 Å². The van der Waals surface area contributed by atoms with Crippen molar-refractivity contribution in [1.29, 1.82) is 0 Å². The Kier molecular flexibility index (Phi) is 4.41. The molecule has 0 amide bonds. The van der Waals surface area contributed by atoms with Crippen LogP contribution in [0.15, 0.2) is 72.2 Å². The van der Waals surface area contributed by atoms with Crippen LogP contribution in [0.3, 0.4) is 0 Å². The molecule has 112 valence electrons. The SMILES string of the molecule is CC(C)c1ccc(Sc2coc3ccc(Br)cc3c2=O)cc1. The third-order valence-corrected chi connectivity index (χ3v) is 4.98. The zero-order valence-electron chi connectivity index (χ0n) is 12.3. The first kappa shape index (κ1) is 15.4. The van der Waals surface area contributed by atoms with Crippen molar-refractivity contribution >= 4 is 38.7 Å². The fourth-order valence-electron chi connectivity index (χ4n) is 2.20. The van der Waals surface area contributed by atoms with E-state index in [1.807, 2.05) is 18.2 Å². The van der Waals surface area contributed by atoms with E-state index in [-0.39, 0.29) is 5.43 Å². The molecule has 0 bridgehead atoms. The summed E-state index contributed by atoms with van der Waals surface area (Å²) in [6.07, 6.45) is 1.54. The van der Waals surface area contributed by atoms with E-state index in [0.29, 0.717) is 21.8 Å². The molecule has 2 aromatic carbocycles. The Labute approximate surface area is 141 Å². The van der Waals surface area contributed by atoms with E-state index in [1.54, 1.807) is 18.4 Å². The first-order valence-corrected chi connectivity index (χ1v) is 8.64. The summed E-state index contributed by atoms with van der Waals surface area (Å²) in [5.74, 6) is 0.502. The van der Waals surface area contributed by atoms with Gasteiger partial charge in [-0.2, -0.15) is 0 Å². The fourth-order valence-corrected chi connectivity index (χ4v) is 3.39. The molecule has 0 radical (unpaired) electrons. The van der Waals surface area contributed by atoms with Crippen molar-refractivity contribution in [3.63, 3.8) is 0 Å². The Morgan fingerprint density at radius 2 is 1.82 bits per heavy atom. The predicted octanol–water partition coefficient (Wildman–Crippen LogP) is 5.83. The van der Waals surface area contributed by atoms with Crippen LogP contribution in [0.1, 0.15) is 25.3 Å². The average Bonchev–Trinajstić information content (AvgIpc) is 2.51. The molecular formula is C18H15BrO2S. The van der Waals surface area contributed by atoms with E-state index >= 15 is 0 Å². The van der Waals surface area contributed by atoms with Crippen LogP contribution in [0.2, 0.25) is 0 Å². The van der Waals surface area contributed by atoms with Gasteiger partial charge in [0.05, 0.1) is 10.3 Å². The molecule has 3 aromatic rings. The van der Waals surface area contributed by atoms with Gasteiger partial charge < -0.3 is 4.42 Å². The van der Waals surface area contributed by atoms with E-state index in [9.17, 15) is 4.79 Å². The second-order valence-corrected chi connectivity index (χ2v) is 7.43. The van der Waals surface area contributed by atoms with Gasteiger partial charge in [0.15, 0.2) is 0 Å². The normalized spacial score (nSPS) is 11.3. The standard InChI is InChI=1S/C18H15BrO2S/c1-11(2)12-3-6-14(7-4-12)22-17-10-21-16-8-5-13(19)9-15(16)18(17)20/h3-11H,1-2H3. The lowest BCUT2D eigenvalue weighted by Crippen LogP contribution is -2.03. The maximum Gasteiger partial charge on any atom is 0.206 e. The summed E-state index contributed by atoms with van der Waals surface area (Å²) in [5, 5.41) is 0.596. The molecule has 0 saturated heterocycles. The van der Waals surface area contributed by atoms with Gasteiger partial charge in [-0.25, -0.2) is 0 Å². The van der Waals surface area contributed by atoms with Gasteiger partial charge in [0.1, 0.15) is 11.8 Å². The minimum Gasteiger partial charge on any atom is -0.463 e. The molecule has 0 aliphatic carbocycles. The summed E-state index contributed by atoms with van der Waals surface area (Å²) in [6.45, 7) is 4.33. The zero-order valence-corrected chi connectivity index (χ0v) is 14.7. The minimum atomic E-state index is 0.000450. The Morgan fingerprint density at radius 3 is 2.50 bits per heavy atom. The number of hydrogen-bond donors (Lipinski definition) is 0. The second-order valence-electron chi connectivity index (χ2n) is 5.40. The quantitative estimate of drug-likeness (QED) is 0.577. The topological polar surface area (TPSA) is 30.2 Å². The molecule has 0 N–H and O–H groups in total. The van der Waals surface area contributed by atoms with Crippen molar-refractivity contribution in [2.45, 2.75) is 29.6 Å². The highest BCUT2D eigenvalue weighted by Crippen LogP contribution is 2.28. The molecule has 1 heterocycles. The number of halogens is 1. The van der Waals surface area contributed by atoms with Gasteiger partial charge >= 0.3 is 0 Å². The molecule has 4 heteroatoms. The maximum absolute atomic E-state index is 12.6. The van der Waals surface area contributed by atoms with Gasteiger partial charge in [0.2, 0.25) is 5.43 Å². The lowest BCUT2D eigenvalue weighted by molar-refractivity contribution is 0.587. The lowest BCUT2D eigenvalue weighted by Gasteiger charge is -2.07. The van der Waals surface area contributed by atoms with Crippen molar-refractivity contribution in [1.82, 2.24) is 0 Å². The van der Waals surface area contributed by atoms with Gasteiger partial charge in [-0.1, -0.05) is 53.7 Å². The van der Waals surface area contributed by atoms with E-state index in [1.165, 1.54) is 17.3 Å². The largest absolute Gasteiger partial charge is 0.463 e. The molecule has 0 saturated carbocycles. The molecule has 0 aliphatic heterocycles. The molecule has 3 rings (SSSR count). The molecule has 0 fully saturated rings. The van der Waals surface area contributed by atoms with Crippen LogP contribution >= 0.6 is 27.7 Å². The Morgan fingerprint density at radius 1 is 1.09 bits per heavy atom. The molecule has 1 aromatic heterocycles. The van der Waals surface area contributed by atoms with Crippen molar-refractivity contribution in [3.05, 3.63) is 69.0 Å². The molecule has 0 atom stereocenters. The first-order valence-electron chi connectivity index (χ1n) is 7.03. The smallest absolute Gasteiger partial charge is 0.206 e. The van der Waals surface area contributed by atoms with Crippen LogP contribution in [0.25, 0.3) is 11.0 Å². The van der Waals surface area contributed by atoms with Crippen molar-refractivity contribution < 1.29 is 4.42 Å². The summed E-state index contributed by atoms with van der Waals surface area (Å²) < 4.78 is 6.44. The summed E-state index contributed by atoms with van der Waals surface area (Å²) in [5.41, 5.74) is 1.90. The summed E-state index contributed by atoms with van der Waals surface area (Å²) in [4.78, 5) is 14.2. The second kappa shape index (κ2) is 6.31. The highest BCUT2D eigenvalue weighted by molar-refractivity contribution is 9.10. The Hall–Kier alpha value is -1.52. The van der Waals surface area contributed by atoms with Crippen LogP contribution in [-0.4, -0.2) is 0 Å². The summed E-state index contributed by atoms with van der Waals surface area (Å²) >= 11 is 4.83. The van der Waals surface area contributed by atoms with Crippen molar-refractivity contribution in [2.24, 2.45) is 0 Å². The Balaban J connectivity index is 1.97. The van der Waals surface area contributed by atoms with Crippen LogP contribution in [0.5, 0.6) is 0 Å². The molecule has 22 heavy (non-hydrogen) atoms. The highest BCUT2D eigenvalue weighted by Gasteiger charge is 2.09. The van der Waals surface area contributed by atoms with Crippen molar-refractivity contribution in [2.75, 3.05) is 0 Å². The lowest BCUT2D eigenvalue weighted by atomic mass is 10.0. The average molecular weight is 375 g/mol. The number of hydrogen-bond acceptors (Lipinski definition) is 3. The van der Waals surface area contributed by atoms with Gasteiger partial charge in [-0.15, -0.1) is 0 Å². The Bertz CT molecular complexity index is 866. The molecular weight excluding hydrogens is 360 g/mol. The van der Waals surface area contributed by atoms with Crippen LogP contribution in [0.4, 0.5) is 0 Å². The van der Waals surface area contributed by atoms with Crippen LogP contribution in [0, 0.1) is 0 Å². The van der Waals surface area contributed by atoms with E-state index in [4.69, 9.17) is 4.42 Å². The van der Waals surface area contributed by atoms with Gasteiger partial charge in [-0.3, -0.25) is 4.79 Å². The van der Waals surface area contributed by atoms with E-state index in [0.717, 1.165) is 9.37 Å². The third-order valence-electron chi connectivity index (χ3n) is 3.48. The predicted molar refractivity (Wildman–Crippen MR) is 94.8 cm³/mol. The maximum atomic E-state index is 12.6. The molecule has 0 spiro atoms.